The van der Waals surface area contributed by atoms with Gasteiger partial charge in [-0.15, -0.1) is 0 Å². The van der Waals surface area contributed by atoms with Gasteiger partial charge in [0.2, 0.25) is 11.8 Å². The van der Waals surface area contributed by atoms with Gasteiger partial charge in [-0.25, -0.2) is 4.39 Å². The molecule has 34 heavy (non-hydrogen) atoms. The normalized spacial score (nSPS) is 26.1. The first-order valence-electron chi connectivity index (χ1n) is 11.0. The molecule has 3 heterocycles. The van der Waals surface area contributed by atoms with E-state index in [1.54, 1.807) is 12.1 Å². The lowest BCUT2D eigenvalue weighted by Gasteiger charge is -2.37. The largest absolute Gasteiger partial charge is 0.368 e. The molecule has 0 radical (unpaired) electrons. The van der Waals surface area contributed by atoms with E-state index in [1.165, 1.54) is 24.3 Å². The number of halogens is 1. The summed E-state index contributed by atoms with van der Waals surface area (Å²) in [7, 11) is 0. The zero-order valence-electron chi connectivity index (χ0n) is 17.9. The minimum absolute atomic E-state index is 0.214. The number of Topliss-reactive ketones (excluding diaryl/α,β-unsaturated/α-hetero) is 1. The van der Waals surface area contributed by atoms with Crippen LogP contribution < -0.4 is 16.0 Å². The first-order valence-corrected chi connectivity index (χ1v) is 11.0. The summed E-state index contributed by atoms with van der Waals surface area (Å²) in [5.41, 5.74) is 7.61. The molecule has 3 N–H and O–H groups in total. The zero-order chi connectivity index (χ0) is 23.6. The molecular weight excluding hydrogens is 433 g/mol. The molecule has 0 aliphatic carbocycles. The van der Waals surface area contributed by atoms with Crippen LogP contribution in [0, 0.1) is 11.7 Å². The molecule has 6 rings (SSSR count). The second-order valence-electron chi connectivity index (χ2n) is 8.83. The second kappa shape index (κ2) is 7.12. The lowest BCUT2D eigenvalue weighted by atomic mass is 9.64. The van der Waals surface area contributed by atoms with E-state index in [-0.39, 0.29) is 11.5 Å². The summed E-state index contributed by atoms with van der Waals surface area (Å²) >= 11 is 0. The number of benzene rings is 3. The van der Waals surface area contributed by atoms with Crippen molar-refractivity contribution in [1.29, 1.82) is 0 Å². The molecule has 3 aliphatic heterocycles. The van der Waals surface area contributed by atoms with Gasteiger partial charge in [-0.05, 0) is 47.5 Å². The molecule has 7 heteroatoms. The van der Waals surface area contributed by atoms with Crippen LogP contribution in [0.1, 0.15) is 21.5 Å². The van der Waals surface area contributed by atoms with Crippen molar-refractivity contribution < 1.29 is 18.8 Å². The summed E-state index contributed by atoms with van der Waals surface area (Å²) in [6.45, 7) is 0. The van der Waals surface area contributed by atoms with Crippen molar-refractivity contribution in [2.24, 2.45) is 11.7 Å². The number of amides is 2. The monoisotopic (exact) mass is 453 g/mol. The molecule has 0 saturated carbocycles. The van der Waals surface area contributed by atoms with Gasteiger partial charge >= 0.3 is 0 Å². The zero-order valence-corrected chi connectivity index (χ0v) is 17.9. The number of nitrogens with zero attached hydrogens (tertiary/aromatic N) is 1. The number of carbonyl (C=O) groups excluding carboxylic acids is 3. The van der Waals surface area contributed by atoms with Crippen LogP contribution in [-0.4, -0.2) is 29.7 Å². The number of carbonyl (C=O) groups is 3. The highest BCUT2D eigenvalue weighted by Gasteiger charge is 2.70. The number of hydrogen-bond donors (Lipinski definition) is 2. The van der Waals surface area contributed by atoms with Crippen molar-refractivity contribution in [3.8, 4) is 0 Å². The van der Waals surface area contributed by atoms with Crippen molar-refractivity contribution in [3.05, 3.63) is 101 Å². The van der Waals surface area contributed by atoms with Crippen LogP contribution in [0.2, 0.25) is 0 Å². The molecule has 1 spiro atoms. The number of ketones is 1. The highest BCUT2D eigenvalue weighted by atomic mass is 19.1. The van der Waals surface area contributed by atoms with Crippen molar-refractivity contribution >= 4 is 35.0 Å². The van der Waals surface area contributed by atoms with Gasteiger partial charge in [0, 0.05) is 16.9 Å². The van der Waals surface area contributed by atoms with Crippen molar-refractivity contribution in [2.75, 3.05) is 10.2 Å². The highest BCUT2D eigenvalue weighted by Crippen LogP contribution is 2.57. The van der Waals surface area contributed by atoms with E-state index in [2.05, 4.69) is 5.32 Å². The van der Waals surface area contributed by atoms with Gasteiger partial charge in [-0.1, -0.05) is 48.6 Å². The van der Waals surface area contributed by atoms with Crippen LogP contribution in [0.15, 0.2) is 78.9 Å². The molecule has 2 amide bonds. The van der Waals surface area contributed by atoms with Crippen LogP contribution in [0.3, 0.4) is 0 Å². The fourth-order valence-corrected chi connectivity index (χ4v) is 5.94. The molecule has 3 aromatic rings. The maximum atomic E-state index is 14.1. The number of para-hydroxylation sites is 2. The van der Waals surface area contributed by atoms with E-state index in [0.717, 1.165) is 11.3 Å². The summed E-state index contributed by atoms with van der Waals surface area (Å²) < 4.78 is 13.6. The Morgan fingerprint density at radius 3 is 2.44 bits per heavy atom. The Kier molecular flexibility index (Phi) is 4.26. The smallest absolute Gasteiger partial charge is 0.240 e. The Labute approximate surface area is 194 Å². The third-order valence-corrected chi connectivity index (χ3v) is 7.24. The fraction of sp³-hybridized carbons (Fsp3) is 0.148. The number of hydrogen-bond acceptors (Lipinski definition) is 4. The molecule has 3 aromatic carbocycles. The molecule has 0 unspecified atom stereocenters. The number of rotatable bonds is 3. The fourth-order valence-electron chi connectivity index (χ4n) is 5.94. The molecule has 1 saturated heterocycles. The summed E-state index contributed by atoms with van der Waals surface area (Å²) in [4.78, 5) is 42.8. The molecule has 3 aliphatic rings. The molecule has 0 aromatic heterocycles. The molecule has 6 nitrogen and oxygen atoms in total. The number of anilines is 2. The first-order chi connectivity index (χ1) is 16.4. The van der Waals surface area contributed by atoms with Crippen LogP contribution in [-0.2, 0) is 15.0 Å². The standard InChI is InChI=1S/C27H20FN3O3/c28-17-12-9-16(10-13-17)24(32)22-23(25(29)33)31-20-8-4-1-5-15(20)11-14-21(31)27(22)18-6-2-3-7-19(18)30-26(27)34/h1-14,21-23H,(H2,29,33)(H,30,34)/t21-,22+,23-,27-/m1/s1. The average Bonchev–Trinajstić information content (AvgIpc) is 3.32. The lowest BCUT2D eigenvalue weighted by molar-refractivity contribution is -0.122. The van der Waals surface area contributed by atoms with E-state index in [1.807, 2.05) is 53.5 Å². The predicted octanol–water partition coefficient (Wildman–Crippen LogP) is 3.28. The second-order valence-corrected chi connectivity index (χ2v) is 8.83. The van der Waals surface area contributed by atoms with Crippen molar-refractivity contribution in [3.63, 3.8) is 0 Å². The lowest BCUT2D eigenvalue weighted by Crippen LogP contribution is -2.51. The maximum absolute atomic E-state index is 14.1. The Morgan fingerprint density at radius 1 is 0.971 bits per heavy atom. The third kappa shape index (κ3) is 2.52. The average molecular weight is 453 g/mol. The van der Waals surface area contributed by atoms with Crippen LogP contribution >= 0.6 is 0 Å². The molecular formula is C27H20FN3O3. The number of primary amides is 1. The third-order valence-electron chi connectivity index (χ3n) is 7.24. The minimum Gasteiger partial charge on any atom is -0.368 e. The number of nitrogens with two attached hydrogens (primary N) is 1. The van der Waals surface area contributed by atoms with Gasteiger partial charge in [0.15, 0.2) is 5.78 Å². The minimum atomic E-state index is -1.40. The molecule has 0 bridgehead atoms. The quantitative estimate of drug-likeness (QED) is 0.596. The van der Waals surface area contributed by atoms with E-state index in [4.69, 9.17) is 5.73 Å². The topological polar surface area (TPSA) is 92.5 Å². The van der Waals surface area contributed by atoms with Crippen LogP contribution in [0.4, 0.5) is 15.8 Å². The van der Waals surface area contributed by atoms with Gasteiger partial charge in [0.1, 0.15) is 17.3 Å². The van der Waals surface area contributed by atoms with Gasteiger partial charge in [-0.2, -0.15) is 0 Å². The van der Waals surface area contributed by atoms with Crippen LogP contribution in [0.25, 0.3) is 6.08 Å². The Hall–Kier alpha value is -4.26. The van der Waals surface area contributed by atoms with Gasteiger partial charge in [0.05, 0.1) is 12.0 Å². The van der Waals surface area contributed by atoms with E-state index < -0.39 is 40.9 Å². The predicted molar refractivity (Wildman–Crippen MR) is 126 cm³/mol. The Morgan fingerprint density at radius 2 is 1.68 bits per heavy atom. The summed E-state index contributed by atoms with van der Waals surface area (Å²) in [6.07, 6.45) is 3.78. The molecule has 168 valence electrons. The Balaban J connectivity index is 1.66. The molecule has 4 atom stereocenters. The van der Waals surface area contributed by atoms with Crippen molar-refractivity contribution in [2.45, 2.75) is 17.5 Å². The SMILES string of the molecule is NC(=O)[C@H]1[C@@H](C(=O)c2ccc(F)cc2)[C@]2(C(=O)Nc3ccccc32)[C@H]2C=Cc3ccccc3N12. The first kappa shape index (κ1) is 20.4. The van der Waals surface area contributed by atoms with Crippen molar-refractivity contribution in [1.82, 2.24) is 0 Å². The maximum Gasteiger partial charge on any atom is 0.240 e. The van der Waals surface area contributed by atoms with E-state index >= 15 is 0 Å². The number of nitrogens with one attached hydrogen (secondary N) is 1. The van der Waals surface area contributed by atoms with Crippen LogP contribution in [0.5, 0.6) is 0 Å². The summed E-state index contributed by atoms with van der Waals surface area (Å²) in [5, 5.41) is 2.93. The summed E-state index contributed by atoms with van der Waals surface area (Å²) in [6, 6.07) is 18.1. The highest BCUT2D eigenvalue weighted by molar-refractivity contribution is 6.16. The van der Waals surface area contributed by atoms with E-state index in [9.17, 15) is 18.8 Å². The Bertz CT molecular complexity index is 1400. The number of fused-ring (bicyclic) bond motifs is 6. The summed E-state index contributed by atoms with van der Waals surface area (Å²) in [5.74, 6) is -3.11. The van der Waals surface area contributed by atoms with E-state index in [0.29, 0.717) is 11.3 Å². The van der Waals surface area contributed by atoms with Gasteiger partial charge < -0.3 is 16.0 Å². The van der Waals surface area contributed by atoms with Gasteiger partial charge in [-0.3, -0.25) is 14.4 Å². The molecule has 1 fully saturated rings. The van der Waals surface area contributed by atoms with Gasteiger partial charge in [0.25, 0.3) is 0 Å².